The highest BCUT2D eigenvalue weighted by atomic mass is 127. The first-order chi connectivity index (χ1) is 11.2. The summed E-state index contributed by atoms with van der Waals surface area (Å²) in [7, 11) is 0. The van der Waals surface area contributed by atoms with Gasteiger partial charge in [-0.25, -0.2) is 5.43 Å². The summed E-state index contributed by atoms with van der Waals surface area (Å²) < 4.78 is 5.28. The van der Waals surface area contributed by atoms with Crippen molar-refractivity contribution in [3.05, 3.63) is 57.9 Å². The van der Waals surface area contributed by atoms with Crippen molar-refractivity contribution in [3.63, 3.8) is 0 Å². The van der Waals surface area contributed by atoms with Crippen molar-refractivity contribution in [2.24, 2.45) is 5.10 Å². The third kappa shape index (κ3) is 3.50. The van der Waals surface area contributed by atoms with Crippen LogP contribution in [0.1, 0.15) is 20.1 Å². The predicted molar refractivity (Wildman–Crippen MR) is 101 cm³/mol. The molecule has 2 aromatic heterocycles. The van der Waals surface area contributed by atoms with E-state index in [2.05, 4.69) is 15.5 Å². The Labute approximate surface area is 151 Å². The van der Waals surface area contributed by atoms with E-state index in [1.54, 1.807) is 18.5 Å². The van der Waals surface area contributed by atoms with Gasteiger partial charge in [-0.3, -0.25) is 9.78 Å². The molecular weight excluding hydrogens is 425 g/mol. The van der Waals surface area contributed by atoms with Gasteiger partial charge in [-0.15, -0.1) is 11.3 Å². The van der Waals surface area contributed by atoms with E-state index in [-0.39, 0.29) is 5.91 Å². The number of pyridine rings is 1. The summed E-state index contributed by atoms with van der Waals surface area (Å²) in [5.74, 6) is 0.477. The van der Waals surface area contributed by atoms with Crippen LogP contribution in [0.2, 0.25) is 0 Å². The van der Waals surface area contributed by atoms with Crippen LogP contribution in [0.5, 0.6) is 5.75 Å². The summed E-state index contributed by atoms with van der Waals surface area (Å²) >= 11 is 3.27. The summed E-state index contributed by atoms with van der Waals surface area (Å²) in [6.07, 6.45) is 3.32. The number of hydrogen-bond acceptors (Lipinski definition) is 5. The van der Waals surface area contributed by atoms with Crippen LogP contribution < -0.4 is 8.49 Å². The normalized spacial score (nSPS) is 11.0. The van der Waals surface area contributed by atoms with E-state index < -0.39 is 0 Å². The number of nitrogens with one attached hydrogen (secondary N) is 1. The Morgan fingerprint density at radius 1 is 1.35 bits per heavy atom. The quantitative estimate of drug-likeness (QED) is 0.380. The van der Waals surface area contributed by atoms with Crippen molar-refractivity contribution in [1.82, 2.24) is 10.4 Å². The Hall–Kier alpha value is -2.00. The maximum absolute atomic E-state index is 12.0. The minimum Gasteiger partial charge on any atom is -0.425 e. The molecule has 0 fully saturated rings. The first kappa shape index (κ1) is 15.9. The van der Waals surface area contributed by atoms with Crippen LogP contribution in [0.15, 0.2) is 47.7 Å². The molecule has 0 aliphatic rings. The standard InChI is InChI=1S/C16H12IN3O2S/c1-10-4-7-14(23-10)16(21)20-19-9-11-5-6-13(22-17)15-12(11)3-2-8-18-15/h2-9H,1H3,(H,20,21)/b19-9+. The van der Waals surface area contributed by atoms with Gasteiger partial charge in [-0.1, -0.05) is 6.07 Å². The van der Waals surface area contributed by atoms with Gasteiger partial charge in [0, 0.05) is 22.0 Å². The van der Waals surface area contributed by atoms with Crippen LogP contribution in [-0.4, -0.2) is 17.1 Å². The number of nitrogens with zero attached hydrogens (tertiary/aromatic N) is 2. The minimum atomic E-state index is -0.214. The molecular formula is C16H12IN3O2S. The SMILES string of the molecule is Cc1ccc(C(=O)N/N=C/c2ccc(OI)c3ncccc23)s1. The van der Waals surface area contributed by atoms with E-state index in [1.807, 2.05) is 60.3 Å². The second kappa shape index (κ2) is 7.05. The zero-order valence-electron chi connectivity index (χ0n) is 12.1. The Kier molecular flexibility index (Phi) is 4.87. The number of carbonyl (C=O) groups is 1. The Morgan fingerprint density at radius 2 is 2.22 bits per heavy atom. The molecule has 0 bridgehead atoms. The van der Waals surface area contributed by atoms with Crippen LogP contribution in [0, 0.1) is 6.92 Å². The second-order valence-corrected chi connectivity index (χ2v) is 6.47. The molecule has 2 heterocycles. The number of fused-ring (bicyclic) bond motifs is 1. The van der Waals surface area contributed by atoms with Crippen LogP contribution in [-0.2, 0) is 0 Å². The number of amides is 1. The molecule has 0 saturated heterocycles. The average Bonchev–Trinajstić information content (AvgIpc) is 3.01. The van der Waals surface area contributed by atoms with Gasteiger partial charge in [-0.2, -0.15) is 5.10 Å². The Bertz CT molecular complexity index is 892. The van der Waals surface area contributed by atoms with Gasteiger partial charge in [0.1, 0.15) is 5.52 Å². The number of aromatic nitrogens is 1. The predicted octanol–water partition coefficient (Wildman–Crippen LogP) is 4.10. The molecule has 116 valence electrons. The zero-order valence-corrected chi connectivity index (χ0v) is 15.1. The van der Waals surface area contributed by atoms with Crippen LogP contribution in [0.4, 0.5) is 0 Å². The molecule has 0 unspecified atom stereocenters. The largest absolute Gasteiger partial charge is 0.425 e. The molecule has 0 aliphatic heterocycles. The summed E-state index contributed by atoms with van der Waals surface area (Å²) in [5, 5.41) is 4.95. The number of hydrogen-bond donors (Lipinski definition) is 1. The molecule has 1 aromatic carbocycles. The van der Waals surface area contributed by atoms with Gasteiger partial charge in [0.05, 0.1) is 11.1 Å². The molecule has 3 aromatic rings. The van der Waals surface area contributed by atoms with E-state index in [0.717, 1.165) is 21.3 Å². The number of hydrazone groups is 1. The van der Waals surface area contributed by atoms with E-state index in [9.17, 15) is 4.79 Å². The van der Waals surface area contributed by atoms with E-state index in [0.29, 0.717) is 10.6 Å². The average molecular weight is 437 g/mol. The summed E-state index contributed by atoms with van der Waals surface area (Å²) in [5.41, 5.74) is 4.15. The lowest BCUT2D eigenvalue weighted by Crippen LogP contribution is -2.16. The van der Waals surface area contributed by atoms with Gasteiger partial charge < -0.3 is 3.07 Å². The number of thiophene rings is 1. The molecule has 0 spiro atoms. The molecule has 1 amide bonds. The highest BCUT2D eigenvalue weighted by molar-refractivity contribution is 14.1. The van der Waals surface area contributed by atoms with Crippen molar-refractivity contribution < 1.29 is 7.86 Å². The highest BCUT2D eigenvalue weighted by Gasteiger charge is 2.08. The lowest BCUT2D eigenvalue weighted by Gasteiger charge is -2.05. The van der Waals surface area contributed by atoms with Gasteiger partial charge in [0.25, 0.3) is 5.91 Å². The van der Waals surface area contributed by atoms with Crippen molar-refractivity contribution in [2.75, 3.05) is 0 Å². The summed E-state index contributed by atoms with van der Waals surface area (Å²) in [6, 6.07) is 11.2. The Balaban J connectivity index is 1.83. The smallest absolute Gasteiger partial charge is 0.281 e. The molecule has 3 rings (SSSR count). The van der Waals surface area contributed by atoms with Crippen molar-refractivity contribution >= 4 is 57.4 Å². The monoisotopic (exact) mass is 437 g/mol. The molecule has 5 nitrogen and oxygen atoms in total. The zero-order chi connectivity index (χ0) is 16.2. The lowest BCUT2D eigenvalue weighted by atomic mass is 10.1. The first-order valence-corrected chi connectivity index (χ1v) is 8.45. The Morgan fingerprint density at radius 3 is 2.96 bits per heavy atom. The van der Waals surface area contributed by atoms with Crippen molar-refractivity contribution in [2.45, 2.75) is 6.92 Å². The third-order valence-electron chi connectivity index (χ3n) is 3.18. The number of rotatable bonds is 4. The molecule has 0 saturated carbocycles. The van der Waals surface area contributed by atoms with E-state index in [4.69, 9.17) is 3.07 Å². The summed E-state index contributed by atoms with van der Waals surface area (Å²) in [6.45, 7) is 1.96. The fourth-order valence-electron chi connectivity index (χ4n) is 2.12. The first-order valence-electron chi connectivity index (χ1n) is 6.75. The van der Waals surface area contributed by atoms with Crippen LogP contribution >= 0.6 is 34.3 Å². The number of halogens is 1. The maximum Gasteiger partial charge on any atom is 0.281 e. The van der Waals surface area contributed by atoms with E-state index >= 15 is 0 Å². The number of aryl methyl sites for hydroxylation is 1. The number of carbonyl (C=O) groups excluding carboxylic acids is 1. The van der Waals surface area contributed by atoms with Gasteiger partial charge in [0.15, 0.2) is 28.8 Å². The molecule has 0 atom stereocenters. The molecule has 0 radical (unpaired) electrons. The van der Waals surface area contributed by atoms with Gasteiger partial charge in [0.2, 0.25) is 0 Å². The maximum atomic E-state index is 12.0. The summed E-state index contributed by atoms with van der Waals surface area (Å²) in [4.78, 5) is 18.0. The highest BCUT2D eigenvalue weighted by Crippen LogP contribution is 2.27. The fraction of sp³-hybridized carbons (Fsp3) is 0.0625. The van der Waals surface area contributed by atoms with Gasteiger partial charge >= 0.3 is 0 Å². The van der Waals surface area contributed by atoms with Crippen LogP contribution in [0.25, 0.3) is 10.9 Å². The number of benzene rings is 1. The minimum absolute atomic E-state index is 0.214. The molecule has 0 aliphatic carbocycles. The third-order valence-corrected chi connectivity index (χ3v) is 4.66. The molecule has 23 heavy (non-hydrogen) atoms. The van der Waals surface area contributed by atoms with E-state index in [1.165, 1.54) is 11.3 Å². The second-order valence-electron chi connectivity index (χ2n) is 4.74. The van der Waals surface area contributed by atoms with Crippen LogP contribution in [0.3, 0.4) is 0 Å². The van der Waals surface area contributed by atoms with Gasteiger partial charge in [-0.05, 0) is 37.3 Å². The fourth-order valence-corrected chi connectivity index (χ4v) is 3.23. The van der Waals surface area contributed by atoms with Crippen molar-refractivity contribution in [1.29, 1.82) is 0 Å². The van der Waals surface area contributed by atoms with Crippen molar-refractivity contribution in [3.8, 4) is 5.75 Å². The molecule has 7 heteroatoms. The molecule has 1 N–H and O–H groups in total. The topological polar surface area (TPSA) is 63.6 Å². The lowest BCUT2D eigenvalue weighted by molar-refractivity contribution is 0.0959.